The third-order valence-corrected chi connectivity index (χ3v) is 9.17. The van der Waals surface area contributed by atoms with E-state index in [1.54, 1.807) is 6.20 Å². The topological polar surface area (TPSA) is 79.8 Å². The van der Waals surface area contributed by atoms with Gasteiger partial charge in [0.25, 0.3) is 0 Å². The lowest BCUT2D eigenvalue weighted by Crippen LogP contribution is -2.66. The predicted octanol–water partition coefficient (Wildman–Crippen LogP) is 5.78. The monoisotopic (exact) mass is 528 g/mol. The van der Waals surface area contributed by atoms with Crippen molar-refractivity contribution < 1.29 is 4.74 Å². The van der Waals surface area contributed by atoms with Gasteiger partial charge in [-0.1, -0.05) is 24.3 Å². The summed E-state index contributed by atoms with van der Waals surface area (Å²) >= 11 is 0. The highest BCUT2D eigenvalue weighted by Gasteiger charge is 2.45. The molecule has 3 atom stereocenters. The number of aromatic amines is 1. The van der Waals surface area contributed by atoms with Gasteiger partial charge in [-0.15, -0.1) is 0 Å². The minimum atomic E-state index is 0.646. The lowest BCUT2D eigenvalue weighted by molar-refractivity contribution is -0.148. The van der Waals surface area contributed by atoms with Gasteiger partial charge in [0.2, 0.25) is 0 Å². The Hall–Kier alpha value is -3.94. The van der Waals surface area contributed by atoms with Crippen LogP contribution in [0.4, 0.5) is 0 Å². The Labute approximate surface area is 233 Å². The number of hydrogen-bond acceptors (Lipinski definition) is 6. The minimum absolute atomic E-state index is 0.646. The zero-order valence-corrected chi connectivity index (χ0v) is 22.7. The normalized spacial score (nSPS) is 22.5. The Bertz CT molecular complexity index is 1700. The molecule has 40 heavy (non-hydrogen) atoms. The van der Waals surface area contributed by atoms with Crippen LogP contribution in [0.1, 0.15) is 36.0 Å². The van der Waals surface area contributed by atoms with Crippen LogP contribution in [0.25, 0.3) is 44.8 Å². The van der Waals surface area contributed by atoms with Gasteiger partial charge in [-0.2, -0.15) is 0 Å². The third-order valence-electron chi connectivity index (χ3n) is 9.17. The average molecular weight is 529 g/mol. The van der Waals surface area contributed by atoms with E-state index in [0.717, 1.165) is 65.0 Å². The predicted molar refractivity (Wildman–Crippen MR) is 156 cm³/mol. The van der Waals surface area contributed by atoms with Crippen molar-refractivity contribution in [3.05, 3.63) is 84.1 Å². The summed E-state index contributed by atoms with van der Waals surface area (Å²) in [6.45, 7) is 3.88. The van der Waals surface area contributed by atoms with Gasteiger partial charge >= 0.3 is 0 Å². The Morgan fingerprint density at radius 2 is 1.62 bits per heavy atom. The fraction of sp³-hybridized carbons (Fsp3) is 0.333. The molecule has 8 rings (SSSR count). The van der Waals surface area contributed by atoms with Crippen LogP contribution in [0.15, 0.2) is 67.4 Å². The molecule has 5 aromatic rings. The van der Waals surface area contributed by atoms with Gasteiger partial charge in [0.1, 0.15) is 5.65 Å². The highest BCUT2D eigenvalue weighted by Crippen LogP contribution is 2.38. The summed E-state index contributed by atoms with van der Waals surface area (Å²) in [5.41, 5.74) is 10.0. The second-order valence-electron chi connectivity index (χ2n) is 11.5. The van der Waals surface area contributed by atoms with Gasteiger partial charge in [-0.05, 0) is 73.4 Å². The maximum Gasteiger partial charge on any atom is 0.161 e. The summed E-state index contributed by atoms with van der Waals surface area (Å²) in [7, 11) is 0. The number of aryl methyl sites for hydroxylation is 3. The van der Waals surface area contributed by atoms with E-state index in [9.17, 15) is 0 Å². The summed E-state index contributed by atoms with van der Waals surface area (Å²) < 4.78 is 5.74. The fourth-order valence-corrected chi connectivity index (χ4v) is 7.05. The first-order valence-electron chi connectivity index (χ1n) is 14.4. The molecule has 0 amide bonds. The molecular formula is C33H32N6O. The molecule has 0 saturated carbocycles. The molecule has 0 spiro atoms. The van der Waals surface area contributed by atoms with E-state index < -0.39 is 0 Å². The number of hydrogen-bond donors (Lipinski definition) is 1. The summed E-state index contributed by atoms with van der Waals surface area (Å²) in [5.74, 6) is 0.677. The van der Waals surface area contributed by atoms with Crippen molar-refractivity contribution in [3.8, 4) is 33.8 Å². The molecule has 6 heterocycles. The smallest absolute Gasteiger partial charge is 0.161 e. The number of aromatic nitrogens is 5. The van der Waals surface area contributed by atoms with Crippen molar-refractivity contribution in [3.63, 3.8) is 0 Å². The Morgan fingerprint density at radius 3 is 2.42 bits per heavy atom. The first kappa shape index (κ1) is 23.9. The number of ether oxygens (including phenoxy) is 1. The molecule has 2 fully saturated rings. The largest absolute Gasteiger partial charge is 0.378 e. The van der Waals surface area contributed by atoms with Crippen LogP contribution in [0.5, 0.6) is 0 Å². The van der Waals surface area contributed by atoms with Crippen LogP contribution in [0.2, 0.25) is 0 Å². The van der Waals surface area contributed by atoms with Crippen molar-refractivity contribution in [2.75, 3.05) is 13.2 Å². The standard InChI is InChI=1S/C33H32N6O/c1-20-3-2-10-34-31(20)25-15-36-33(37-16-25)30-17-38-32-29(30)12-24(14-35-32)23-5-4-21-6-8-26(9-7-22(21)11-23)39-27-13-28(39)19-40-18-27/h2-5,10-12,14-17,26-28H,6-9,13,18-19H2,1H3,(H,35,38)/t26-,27?,28?/m0/s1. The maximum atomic E-state index is 5.74. The van der Waals surface area contributed by atoms with E-state index >= 15 is 0 Å². The SMILES string of the molecule is Cc1cccnc1-c1cnc(-c2c[nH]c3ncc(-c4ccc5c(c4)CC[C@@H](N4C6COCC4C6)CC5)cc23)nc1. The zero-order chi connectivity index (χ0) is 26.6. The Morgan fingerprint density at radius 1 is 0.825 bits per heavy atom. The maximum absolute atomic E-state index is 5.74. The second-order valence-corrected chi connectivity index (χ2v) is 11.5. The lowest BCUT2D eigenvalue weighted by Gasteiger charge is -2.56. The summed E-state index contributed by atoms with van der Waals surface area (Å²) in [6.07, 6.45) is 15.5. The summed E-state index contributed by atoms with van der Waals surface area (Å²) in [4.78, 5) is 24.7. The van der Waals surface area contributed by atoms with E-state index in [4.69, 9.17) is 19.7 Å². The van der Waals surface area contributed by atoms with Gasteiger partial charge in [0, 0.05) is 71.2 Å². The number of H-pyrrole nitrogens is 1. The molecule has 0 radical (unpaired) electrons. The molecule has 1 N–H and O–H groups in total. The number of nitrogens with zero attached hydrogens (tertiary/aromatic N) is 5. The van der Waals surface area contributed by atoms with E-state index in [-0.39, 0.29) is 0 Å². The van der Waals surface area contributed by atoms with Gasteiger partial charge in [0.05, 0.1) is 18.9 Å². The molecule has 2 aliphatic heterocycles. The molecule has 200 valence electrons. The highest BCUT2D eigenvalue weighted by molar-refractivity contribution is 5.94. The highest BCUT2D eigenvalue weighted by atomic mass is 16.5. The number of nitrogens with one attached hydrogen (secondary N) is 1. The van der Waals surface area contributed by atoms with Crippen molar-refractivity contribution >= 4 is 11.0 Å². The van der Waals surface area contributed by atoms with Crippen LogP contribution in [0.3, 0.4) is 0 Å². The molecule has 2 unspecified atom stereocenters. The van der Waals surface area contributed by atoms with Crippen LogP contribution in [-0.2, 0) is 17.6 Å². The van der Waals surface area contributed by atoms with Gasteiger partial charge < -0.3 is 9.72 Å². The average Bonchev–Trinajstić information content (AvgIpc) is 3.32. The second kappa shape index (κ2) is 9.61. The first-order valence-corrected chi connectivity index (χ1v) is 14.4. The van der Waals surface area contributed by atoms with Crippen molar-refractivity contribution in [1.82, 2.24) is 29.8 Å². The van der Waals surface area contributed by atoms with E-state index in [0.29, 0.717) is 23.9 Å². The van der Waals surface area contributed by atoms with Crippen molar-refractivity contribution in [2.24, 2.45) is 0 Å². The first-order chi connectivity index (χ1) is 19.7. The zero-order valence-electron chi connectivity index (χ0n) is 22.7. The quantitative estimate of drug-likeness (QED) is 0.298. The molecule has 4 aromatic heterocycles. The third kappa shape index (κ3) is 4.03. The van der Waals surface area contributed by atoms with E-state index in [1.165, 1.54) is 36.0 Å². The molecule has 7 heteroatoms. The van der Waals surface area contributed by atoms with Gasteiger partial charge in [0.15, 0.2) is 5.82 Å². The number of morpholine rings is 1. The van der Waals surface area contributed by atoms with Gasteiger partial charge in [-0.3, -0.25) is 9.88 Å². The summed E-state index contributed by atoms with van der Waals surface area (Å²) in [6, 6.07) is 15.2. The van der Waals surface area contributed by atoms with Crippen LogP contribution in [-0.4, -0.2) is 61.2 Å². The molecule has 1 aromatic carbocycles. The molecular weight excluding hydrogens is 496 g/mol. The van der Waals surface area contributed by atoms with Crippen LogP contribution >= 0.6 is 0 Å². The number of rotatable bonds is 4. The number of benzene rings is 1. The molecule has 2 bridgehead atoms. The van der Waals surface area contributed by atoms with Gasteiger partial charge in [-0.25, -0.2) is 15.0 Å². The molecule has 1 aliphatic carbocycles. The lowest BCUT2D eigenvalue weighted by atomic mass is 9.87. The Kier molecular flexibility index (Phi) is 5.74. The van der Waals surface area contributed by atoms with Crippen molar-refractivity contribution in [1.29, 1.82) is 0 Å². The molecule has 2 saturated heterocycles. The Balaban J connectivity index is 1.06. The molecule has 7 nitrogen and oxygen atoms in total. The van der Waals surface area contributed by atoms with E-state index in [1.807, 2.05) is 30.9 Å². The number of fused-ring (bicyclic) bond motifs is 4. The van der Waals surface area contributed by atoms with Crippen molar-refractivity contribution in [2.45, 2.75) is 57.2 Å². The fourth-order valence-electron chi connectivity index (χ4n) is 7.05. The number of pyridine rings is 2. The molecule has 3 aliphatic rings. The van der Waals surface area contributed by atoms with E-state index in [2.05, 4.69) is 52.1 Å². The van der Waals surface area contributed by atoms with Crippen LogP contribution in [0, 0.1) is 6.92 Å². The van der Waals surface area contributed by atoms with Crippen LogP contribution < -0.4 is 0 Å². The minimum Gasteiger partial charge on any atom is -0.378 e. The summed E-state index contributed by atoms with van der Waals surface area (Å²) in [5, 5.41) is 1.03.